The monoisotopic (exact) mass is 642 g/mol. The van der Waals surface area contributed by atoms with Gasteiger partial charge in [0.1, 0.15) is 4.33 Å². The molecule has 38 heavy (non-hydrogen) atoms. The van der Waals surface area contributed by atoms with Crippen LogP contribution in [-0.2, 0) is 16.0 Å². The summed E-state index contributed by atoms with van der Waals surface area (Å²) in [4.78, 5) is 25.3. The molecule has 0 aromatic heterocycles. The first kappa shape index (κ1) is 29.1. The molecular weight excluding hydrogens is 631 g/mol. The lowest BCUT2D eigenvalue weighted by Crippen LogP contribution is -2.23. The number of halogens is 8. The highest BCUT2D eigenvalue weighted by Gasteiger charge is 2.67. The fraction of sp³-hybridized carbons (Fsp3) is 0.167. The van der Waals surface area contributed by atoms with Crippen LogP contribution in [0.2, 0.25) is 15.1 Å². The van der Waals surface area contributed by atoms with Crippen molar-refractivity contribution in [3.05, 3.63) is 86.9 Å². The molecule has 1 aliphatic carbocycles. The molecule has 3 aromatic rings. The number of benzene rings is 3. The number of amides is 2. The maximum atomic E-state index is 13.0. The summed E-state index contributed by atoms with van der Waals surface area (Å²) >= 11 is 27.8. The van der Waals surface area contributed by atoms with Crippen molar-refractivity contribution in [3.8, 4) is 0 Å². The van der Waals surface area contributed by atoms with Crippen molar-refractivity contribution in [1.29, 1.82) is 0 Å². The van der Waals surface area contributed by atoms with Crippen LogP contribution in [0.4, 0.5) is 24.5 Å². The lowest BCUT2D eigenvalue weighted by atomic mass is 10.1. The predicted octanol–water partition coefficient (Wildman–Crippen LogP) is 8.05. The smallest absolute Gasteiger partial charge is 0.578 e. The third-order valence-electron chi connectivity index (χ3n) is 5.60. The molecule has 0 bridgehead atoms. The van der Waals surface area contributed by atoms with Crippen molar-refractivity contribution in [2.24, 2.45) is 5.92 Å². The first-order valence-electron chi connectivity index (χ1n) is 10.5. The summed E-state index contributed by atoms with van der Waals surface area (Å²) in [5.74, 6) is -2.63. The van der Waals surface area contributed by atoms with Gasteiger partial charge < -0.3 is 15.2 Å². The standard InChI is InChI=1S/C24H14Cl5F3N2O3S/c25-12-7-11(8-13(26)9-12)19-20(23(19,28)29)22(36)34-15-3-6-18(27)17(10-15)21(35)33-14-1-4-16(5-2-14)38(37)24(30,31)32/h1-10,19-20H,(H,33,35)(H,34,36)/t19-,20+,38?/m1/s1. The molecule has 1 saturated carbocycles. The van der Waals surface area contributed by atoms with Crippen molar-refractivity contribution in [3.63, 3.8) is 0 Å². The molecule has 0 saturated heterocycles. The normalized spacial score (nSPS) is 19.0. The van der Waals surface area contributed by atoms with Gasteiger partial charge >= 0.3 is 5.51 Å². The van der Waals surface area contributed by atoms with E-state index >= 15 is 0 Å². The van der Waals surface area contributed by atoms with E-state index in [4.69, 9.17) is 58.0 Å². The first-order valence-corrected chi connectivity index (χ1v) is 13.6. The zero-order valence-corrected chi connectivity index (χ0v) is 23.2. The van der Waals surface area contributed by atoms with Crippen LogP contribution in [-0.4, -0.2) is 26.2 Å². The van der Waals surface area contributed by atoms with E-state index in [-0.39, 0.29) is 22.0 Å². The predicted molar refractivity (Wildman–Crippen MR) is 144 cm³/mol. The van der Waals surface area contributed by atoms with E-state index in [1.807, 2.05) is 0 Å². The summed E-state index contributed by atoms with van der Waals surface area (Å²) in [5, 5.41) is 5.92. The highest BCUT2D eigenvalue weighted by molar-refractivity contribution is 7.92. The SMILES string of the molecule is O=C(Nc1ccc([S+]([O-])C(F)(F)F)cc1)c1cc(NC(=O)[C@@H]2[C@@H](c3cc(Cl)cc(Cl)c3)C2(Cl)Cl)ccc1Cl. The van der Waals surface area contributed by atoms with Crippen molar-refractivity contribution in [2.75, 3.05) is 10.6 Å². The highest BCUT2D eigenvalue weighted by atomic mass is 35.5. The van der Waals surface area contributed by atoms with Crippen LogP contribution in [0.5, 0.6) is 0 Å². The highest BCUT2D eigenvalue weighted by Crippen LogP contribution is 2.65. The molecule has 3 atom stereocenters. The Hall–Kier alpha value is -1.85. The second kappa shape index (κ2) is 11.0. The Kier molecular flexibility index (Phi) is 8.41. The molecule has 0 heterocycles. The number of anilines is 2. The van der Waals surface area contributed by atoms with Crippen molar-refractivity contribution < 1.29 is 27.3 Å². The minimum absolute atomic E-state index is 0.0237. The lowest BCUT2D eigenvalue weighted by Gasteiger charge is -2.13. The van der Waals surface area contributed by atoms with Crippen LogP contribution in [0.1, 0.15) is 21.8 Å². The molecule has 5 nitrogen and oxygen atoms in total. The van der Waals surface area contributed by atoms with Crippen LogP contribution >= 0.6 is 58.0 Å². The third-order valence-corrected chi connectivity index (χ3v) is 8.42. The number of hydrogen-bond acceptors (Lipinski definition) is 3. The average Bonchev–Trinajstić information content (AvgIpc) is 3.41. The number of hydrogen-bond donors (Lipinski definition) is 2. The van der Waals surface area contributed by atoms with Crippen LogP contribution < -0.4 is 10.6 Å². The summed E-state index contributed by atoms with van der Waals surface area (Å²) in [6, 6.07) is 13.3. The van der Waals surface area contributed by atoms with Gasteiger partial charge in [0, 0.05) is 27.3 Å². The molecule has 1 aliphatic rings. The molecule has 1 unspecified atom stereocenters. The van der Waals surface area contributed by atoms with Crippen molar-refractivity contribution in [1.82, 2.24) is 0 Å². The molecular formula is C24H14Cl5F3N2O3S. The Balaban J connectivity index is 1.46. The Morgan fingerprint density at radius 1 is 0.868 bits per heavy atom. The van der Waals surface area contributed by atoms with Gasteiger partial charge in [-0.3, -0.25) is 9.59 Å². The van der Waals surface area contributed by atoms with E-state index in [1.165, 1.54) is 36.4 Å². The van der Waals surface area contributed by atoms with Crippen LogP contribution in [0.15, 0.2) is 65.6 Å². The second-order valence-electron chi connectivity index (χ2n) is 8.21. The van der Waals surface area contributed by atoms with E-state index in [9.17, 15) is 27.3 Å². The number of carbonyl (C=O) groups is 2. The van der Waals surface area contributed by atoms with Gasteiger partial charge in [0.2, 0.25) is 5.91 Å². The number of alkyl halides is 5. The van der Waals surface area contributed by atoms with Gasteiger partial charge in [-0.1, -0.05) is 34.8 Å². The Morgan fingerprint density at radius 2 is 1.45 bits per heavy atom. The molecule has 3 aromatic carbocycles. The fourth-order valence-corrected chi connectivity index (χ4v) is 6.04. The zero-order chi connectivity index (χ0) is 28.0. The van der Waals surface area contributed by atoms with E-state index in [1.54, 1.807) is 12.1 Å². The lowest BCUT2D eigenvalue weighted by molar-refractivity contribution is -0.117. The van der Waals surface area contributed by atoms with E-state index < -0.39 is 49.6 Å². The first-order chi connectivity index (χ1) is 17.7. The summed E-state index contributed by atoms with van der Waals surface area (Å²) in [6.07, 6.45) is 0. The summed E-state index contributed by atoms with van der Waals surface area (Å²) in [6.45, 7) is 0. The van der Waals surface area contributed by atoms with Gasteiger partial charge in [-0.2, -0.15) is 0 Å². The van der Waals surface area contributed by atoms with Gasteiger partial charge in [-0.25, -0.2) is 0 Å². The molecule has 2 amide bonds. The van der Waals surface area contributed by atoms with Gasteiger partial charge in [-0.15, -0.1) is 36.4 Å². The molecule has 2 N–H and O–H groups in total. The van der Waals surface area contributed by atoms with E-state index in [2.05, 4.69) is 10.6 Å². The molecule has 0 aliphatic heterocycles. The Bertz CT molecular complexity index is 1390. The number of rotatable bonds is 6. The zero-order valence-electron chi connectivity index (χ0n) is 18.6. The van der Waals surface area contributed by atoms with Crippen LogP contribution in [0.25, 0.3) is 0 Å². The van der Waals surface area contributed by atoms with E-state index in [0.717, 1.165) is 12.1 Å². The van der Waals surface area contributed by atoms with Crippen LogP contribution in [0, 0.1) is 5.92 Å². The summed E-state index contributed by atoms with van der Waals surface area (Å²) < 4.78 is 47.9. The molecule has 200 valence electrons. The number of nitrogens with one attached hydrogen (secondary N) is 2. The minimum atomic E-state index is -4.91. The fourth-order valence-electron chi connectivity index (χ4n) is 3.81. The second-order valence-corrected chi connectivity index (χ2v) is 12.4. The Morgan fingerprint density at radius 3 is 2.03 bits per heavy atom. The van der Waals surface area contributed by atoms with Gasteiger partial charge in [0.05, 0.1) is 27.7 Å². The summed E-state index contributed by atoms with van der Waals surface area (Å²) in [7, 11) is 0. The van der Waals surface area contributed by atoms with Gasteiger partial charge in [-0.05, 0) is 66.2 Å². The molecule has 1 fully saturated rings. The van der Waals surface area contributed by atoms with E-state index in [0.29, 0.717) is 15.6 Å². The molecule has 14 heteroatoms. The largest absolute Gasteiger partial charge is 0.604 e. The maximum Gasteiger partial charge on any atom is 0.578 e. The topological polar surface area (TPSA) is 81.3 Å². The third kappa shape index (κ3) is 6.31. The summed E-state index contributed by atoms with van der Waals surface area (Å²) in [5.41, 5.74) is -3.98. The maximum absolute atomic E-state index is 13.0. The van der Waals surface area contributed by atoms with Crippen molar-refractivity contribution >= 4 is 92.4 Å². The van der Waals surface area contributed by atoms with Gasteiger partial charge in [0.15, 0.2) is 4.90 Å². The molecule has 4 rings (SSSR count). The molecule has 0 radical (unpaired) electrons. The number of carbonyl (C=O) groups excluding carboxylic acids is 2. The Labute approximate surface area is 242 Å². The van der Waals surface area contributed by atoms with Gasteiger partial charge in [0.25, 0.3) is 5.91 Å². The minimum Gasteiger partial charge on any atom is -0.604 e. The quantitative estimate of drug-likeness (QED) is 0.211. The average molecular weight is 645 g/mol. The molecule has 0 spiro atoms. The van der Waals surface area contributed by atoms with Crippen molar-refractivity contribution in [2.45, 2.75) is 20.7 Å². The van der Waals surface area contributed by atoms with Crippen LogP contribution in [0.3, 0.4) is 0 Å².